The molecular formula is C31H31FN2O7. The molecule has 41 heavy (non-hydrogen) atoms. The molecule has 2 heterocycles. The number of rotatable bonds is 9. The number of nitrogens with zero attached hydrogens (tertiary/aromatic N) is 1. The molecule has 10 heteroatoms. The Balaban J connectivity index is 1.60. The Labute approximate surface area is 235 Å². The molecule has 0 aliphatic carbocycles. The van der Waals surface area contributed by atoms with E-state index in [0.717, 1.165) is 33.5 Å². The van der Waals surface area contributed by atoms with Gasteiger partial charge in [-0.05, 0) is 47.9 Å². The summed E-state index contributed by atoms with van der Waals surface area (Å²) in [4.78, 5) is 26.0. The number of hydrogen-bond acceptors (Lipinski definition) is 7. The number of H-pyrrole nitrogens is 1. The smallest absolute Gasteiger partial charge is 0.330 e. The van der Waals surface area contributed by atoms with Crippen molar-refractivity contribution in [1.82, 2.24) is 9.55 Å². The number of aromatic amines is 1. The second kappa shape index (κ2) is 11.7. The molecule has 0 saturated carbocycles. The predicted octanol–water partition coefficient (Wildman–Crippen LogP) is 3.55. The van der Waals surface area contributed by atoms with Crippen molar-refractivity contribution in [2.24, 2.45) is 0 Å². The molecule has 5 atom stereocenters. The second-order valence-corrected chi connectivity index (χ2v) is 9.77. The topological polar surface area (TPSA) is 112 Å². The molecule has 1 saturated heterocycles. The highest BCUT2D eigenvalue weighted by Crippen LogP contribution is 2.44. The molecule has 1 aliphatic rings. The third-order valence-corrected chi connectivity index (χ3v) is 7.36. The molecule has 3 aromatic carbocycles. The van der Waals surface area contributed by atoms with Crippen LogP contribution in [0, 0.1) is 0 Å². The van der Waals surface area contributed by atoms with E-state index in [2.05, 4.69) is 4.98 Å². The van der Waals surface area contributed by atoms with Crippen LogP contribution >= 0.6 is 0 Å². The zero-order valence-electron chi connectivity index (χ0n) is 22.8. The summed E-state index contributed by atoms with van der Waals surface area (Å²) in [6.45, 7) is 1.68. The summed E-state index contributed by atoms with van der Waals surface area (Å²) >= 11 is 0. The Bertz CT molecular complexity index is 1520. The SMILES string of the molecule is COc1ccc(C(OC(C)C2O[C@@H](n3ccc(=O)[nH]c3=O)[C@H](F)[C@@H]2O)(c2ccccc2)c2ccc(OC)cc2)cc1. The van der Waals surface area contributed by atoms with Crippen LogP contribution in [0.25, 0.3) is 0 Å². The third-order valence-electron chi connectivity index (χ3n) is 7.36. The molecule has 0 amide bonds. The Morgan fingerprint density at radius 1 is 0.878 bits per heavy atom. The lowest BCUT2D eigenvalue weighted by Gasteiger charge is -2.40. The quantitative estimate of drug-likeness (QED) is 0.300. The number of halogens is 1. The zero-order chi connectivity index (χ0) is 29.1. The van der Waals surface area contributed by atoms with Crippen LogP contribution in [0.3, 0.4) is 0 Å². The van der Waals surface area contributed by atoms with Crippen LogP contribution in [0.4, 0.5) is 4.39 Å². The van der Waals surface area contributed by atoms with Gasteiger partial charge in [-0.2, -0.15) is 0 Å². The number of methoxy groups -OCH3 is 2. The van der Waals surface area contributed by atoms with Gasteiger partial charge in [0.2, 0.25) is 0 Å². The zero-order valence-corrected chi connectivity index (χ0v) is 22.8. The minimum atomic E-state index is -1.96. The minimum Gasteiger partial charge on any atom is -0.497 e. The Morgan fingerprint density at radius 3 is 1.93 bits per heavy atom. The second-order valence-electron chi connectivity index (χ2n) is 9.77. The van der Waals surface area contributed by atoms with Gasteiger partial charge in [-0.1, -0.05) is 54.6 Å². The molecule has 2 N–H and O–H groups in total. The summed E-state index contributed by atoms with van der Waals surface area (Å²) in [7, 11) is 3.16. The summed E-state index contributed by atoms with van der Waals surface area (Å²) in [5, 5.41) is 10.9. The van der Waals surface area contributed by atoms with E-state index in [1.54, 1.807) is 21.1 Å². The molecular weight excluding hydrogens is 531 g/mol. The first-order valence-corrected chi connectivity index (χ1v) is 13.1. The minimum absolute atomic E-state index is 0.625. The van der Waals surface area contributed by atoms with Crippen LogP contribution in [0.1, 0.15) is 29.8 Å². The lowest BCUT2D eigenvalue weighted by atomic mass is 9.79. The van der Waals surface area contributed by atoms with Crippen molar-refractivity contribution in [3.63, 3.8) is 0 Å². The first kappa shape index (κ1) is 28.3. The number of hydrogen-bond donors (Lipinski definition) is 2. The summed E-state index contributed by atoms with van der Waals surface area (Å²) in [6, 6.07) is 25.4. The fraction of sp³-hybridized carbons (Fsp3) is 0.290. The van der Waals surface area contributed by atoms with Gasteiger partial charge in [0.15, 0.2) is 12.4 Å². The van der Waals surface area contributed by atoms with Gasteiger partial charge in [-0.15, -0.1) is 0 Å². The van der Waals surface area contributed by atoms with Crippen molar-refractivity contribution in [3.8, 4) is 11.5 Å². The highest BCUT2D eigenvalue weighted by molar-refractivity contribution is 5.49. The van der Waals surface area contributed by atoms with E-state index in [1.807, 2.05) is 78.9 Å². The van der Waals surface area contributed by atoms with E-state index in [-0.39, 0.29) is 0 Å². The van der Waals surface area contributed by atoms with Crippen molar-refractivity contribution in [2.45, 2.75) is 43.2 Å². The van der Waals surface area contributed by atoms with Gasteiger partial charge < -0.3 is 24.1 Å². The summed E-state index contributed by atoms with van der Waals surface area (Å²) in [5.41, 5.74) is -0.430. The summed E-state index contributed by atoms with van der Waals surface area (Å²) in [5.74, 6) is 1.31. The average molecular weight is 563 g/mol. The third kappa shape index (κ3) is 5.29. The molecule has 4 aromatic rings. The van der Waals surface area contributed by atoms with Gasteiger partial charge in [0.25, 0.3) is 5.56 Å². The molecule has 1 aliphatic heterocycles. The van der Waals surface area contributed by atoms with Gasteiger partial charge in [0, 0.05) is 12.3 Å². The van der Waals surface area contributed by atoms with Crippen molar-refractivity contribution in [3.05, 3.63) is 129 Å². The molecule has 1 fully saturated rings. The van der Waals surface area contributed by atoms with E-state index in [1.165, 1.54) is 0 Å². The van der Waals surface area contributed by atoms with Crippen LogP contribution in [-0.2, 0) is 15.1 Å². The highest BCUT2D eigenvalue weighted by atomic mass is 19.1. The van der Waals surface area contributed by atoms with Gasteiger partial charge in [0.1, 0.15) is 29.3 Å². The monoisotopic (exact) mass is 562 g/mol. The molecule has 0 radical (unpaired) electrons. The number of benzene rings is 3. The number of aliphatic hydroxyl groups excluding tert-OH is 1. The molecule has 214 valence electrons. The van der Waals surface area contributed by atoms with Crippen molar-refractivity contribution in [1.29, 1.82) is 0 Å². The van der Waals surface area contributed by atoms with Gasteiger partial charge in [-0.3, -0.25) is 14.3 Å². The Morgan fingerprint density at radius 2 is 1.41 bits per heavy atom. The van der Waals surface area contributed by atoms with E-state index < -0.39 is 47.6 Å². The first-order valence-electron chi connectivity index (χ1n) is 13.1. The first-order chi connectivity index (χ1) is 19.8. The van der Waals surface area contributed by atoms with E-state index in [9.17, 15) is 14.7 Å². The predicted molar refractivity (Wildman–Crippen MR) is 149 cm³/mol. The van der Waals surface area contributed by atoms with Gasteiger partial charge >= 0.3 is 5.69 Å². The number of alkyl halides is 1. The summed E-state index contributed by atoms with van der Waals surface area (Å²) < 4.78 is 39.9. The normalized spacial score (nSPS) is 21.4. The maximum atomic E-state index is 15.4. The number of nitrogens with one attached hydrogen (secondary N) is 1. The van der Waals surface area contributed by atoms with E-state index in [4.69, 9.17) is 18.9 Å². The lowest BCUT2D eigenvalue weighted by Crippen LogP contribution is -2.44. The summed E-state index contributed by atoms with van der Waals surface area (Å²) in [6.07, 6.45) is -5.94. The fourth-order valence-corrected chi connectivity index (χ4v) is 5.28. The van der Waals surface area contributed by atoms with Crippen molar-refractivity contribution in [2.75, 3.05) is 14.2 Å². The van der Waals surface area contributed by atoms with Crippen LogP contribution in [0.2, 0.25) is 0 Å². The largest absolute Gasteiger partial charge is 0.497 e. The van der Waals surface area contributed by atoms with E-state index in [0.29, 0.717) is 11.5 Å². The highest BCUT2D eigenvalue weighted by Gasteiger charge is 2.50. The van der Waals surface area contributed by atoms with Crippen LogP contribution < -0.4 is 20.7 Å². The van der Waals surface area contributed by atoms with Gasteiger partial charge in [0.05, 0.1) is 20.3 Å². The molecule has 9 nitrogen and oxygen atoms in total. The molecule has 0 bridgehead atoms. The van der Waals surface area contributed by atoms with Crippen LogP contribution in [0.15, 0.2) is 101 Å². The standard InChI is InChI=1S/C31H31FN2O7/c1-19(28-27(36)26(32)29(40-28)34-18-17-25(35)33-30(34)37)41-31(20-7-5-4-6-8-20,21-9-13-23(38-2)14-10-21)22-11-15-24(39-3)16-12-22/h4-19,26-29,36H,1-3H3,(H,33,35,37)/t19?,26-,27+,28?,29-/m1/s1. The molecule has 0 spiro atoms. The number of aliphatic hydroxyl groups is 1. The van der Waals surface area contributed by atoms with Gasteiger partial charge in [-0.25, -0.2) is 9.18 Å². The number of ether oxygens (including phenoxy) is 4. The maximum Gasteiger partial charge on any atom is 0.330 e. The Hall–Kier alpha value is -4.25. The van der Waals surface area contributed by atoms with Crippen LogP contribution in [-0.4, -0.2) is 53.4 Å². The Kier molecular flexibility index (Phi) is 8.07. The number of aromatic nitrogens is 2. The average Bonchev–Trinajstić information content (AvgIpc) is 3.30. The molecule has 2 unspecified atom stereocenters. The maximum absolute atomic E-state index is 15.4. The van der Waals surface area contributed by atoms with E-state index >= 15 is 4.39 Å². The van der Waals surface area contributed by atoms with Crippen molar-refractivity contribution >= 4 is 0 Å². The lowest BCUT2D eigenvalue weighted by molar-refractivity contribution is -0.137. The van der Waals surface area contributed by atoms with Crippen LogP contribution in [0.5, 0.6) is 11.5 Å². The fourth-order valence-electron chi connectivity index (χ4n) is 5.28. The molecule has 1 aromatic heterocycles. The molecule has 5 rings (SSSR count). The van der Waals surface area contributed by atoms with Crippen molar-refractivity contribution < 1.29 is 28.4 Å².